The Morgan fingerprint density at radius 3 is 2.58 bits per heavy atom. The minimum absolute atomic E-state index is 0.230. The van der Waals surface area contributed by atoms with Gasteiger partial charge in [-0.3, -0.25) is 9.59 Å². The maximum Gasteiger partial charge on any atom is 0.265 e. The van der Waals surface area contributed by atoms with Crippen molar-refractivity contribution in [2.24, 2.45) is 0 Å². The molecule has 0 aliphatic carbocycles. The van der Waals surface area contributed by atoms with Crippen LogP contribution in [0.3, 0.4) is 0 Å². The zero-order chi connectivity index (χ0) is 13.8. The van der Waals surface area contributed by atoms with Crippen molar-refractivity contribution < 1.29 is 14.0 Å². The van der Waals surface area contributed by atoms with E-state index in [9.17, 15) is 14.0 Å². The summed E-state index contributed by atoms with van der Waals surface area (Å²) in [6.07, 6.45) is 0. The Hall–Kier alpha value is -2.21. The van der Waals surface area contributed by atoms with E-state index in [0.717, 1.165) is 6.07 Å². The lowest BCUT2D eigenvalue weighted by atomic mass is 10.2. The monoisotopic (exact) mass is 278 g/mol. The van der Waals surface area contributed by atoms with Crippen molar-refractivity contribution in [1.29, 1.82) is 0 Å². The number of anilines is 2. The summed E-state index contributed by atoms with van der Waals surface area (Å²) in [6.45, 7) is 1.34. The number of carbonyl (C=O) groups is 2. The Bertz CT molecular complexity index is 611. The van der Waals surface area contributed by atoms with E-state index in [1.807, 2.05) is 0 Å². The molecular formula is C13H11FN2O2S. The van der Waals surface area contributed by atoms with Gasteiger partial charge in [-0.25, -0.2) is 4.39 Å². The first-order valence-corrected chi connectivity index (χ1v) is 6.36. The standard InChI is InChI=1S/C13H11FN2O2S/c1-8(17)15-10-5-4-9(14)7-11(10)16-13(18)12-3-2-6-19-12/h2-7H,1H3,(H,15,17)(H,16,18). The number of amides is 2. The second-order valence-electron chi connectivity index (χ2n) is 3.80. The molecule has 1 heterocycles. The van der Waals surface area contributed by atoms with Gasteiger partial charge in [0.1, 0.15) is 5.82 Å². The van der Waals surface area contributed by atoms with E-state index in [2.05, 4.69) is 10.6 Å². The summed E-state index contributed by atoms with van der Waals surface area (Å²) in [5.41, 5.74) is 0.590. The Labute approximate surface area is 113 Å². The highest BCUT2D eigenvalue weighted by Gasteiger charge is 2.11. The summed E-state index contributed by atoms with van der Waals surface area (Å²) in [6, 6.07) is 7.20. The fourth-order valence-corrected chi connectivity index (χ4v) is 2.13. The molecule has 1 aromatic carbocycles. The first kappa shape index (κ1) is 13.2. The third kappa shape index (κ3) is 3.38. The molecule has 0 saturated heterocycles. The lowest BCUT2D eigenvalue weighted by molar-refractivity contribution is -0.114. The number of halogens is 1. The SMILES string of the molecule is CC(=O)Nc1ccc(F)cc1NC(=O)c1cccs1. The van der Waals surface area contributed by atoms with Crippen molar-refractivity contribution in [3.8, 4) is 0 Å². The quantitative estimate of drug-likeness (QED) is 0.906. The Morgan fingerprint density at radius 2 is 1.95 bits per heavy atom. The molecule has 2 amide bonds. The third-order valence-corrected chi connectivity index (χ3v) is 3.15. The minimum atomic E-state index is -0.490. The lowest BCUT2D eigenvalue weighted by Crippen LogP contribution is -2.14. The van der Waals surface area contributed by atoms with Crippen LogP contribution in [0.5, 0.6) is 0 Å². The van der Waals surface area contributed by atoms with Crippen LogP contribution in [-0.2, 0) is 4.79 Å². The minimum Gasteiger partial charge on any atom is -0.325 e. The van der Waals surface area contributed by atoms with E-state index in [1.54, 1.807) is 17.5 Å². The van der Waals surface area contributed by atoms with Crippen molar-refractivity contribution >= 4 is 34.5 Å². The van der Waals surface area contributed by atoms with E-state index < -0.39 is 5.82 Å². The zero-order valence-corrected chi connectivity index (χ0v) is 10.9. The summed E-state index contributed by atoms with van der Waals surface area (Å²) in [5, 5.41) is 6.88. The molecule has 98 valence electrons. The molecule has 0 aliphatic rings. The molecule has 0 spiro atoms. The van der Waals surface area contributed by atoms with Gasteiger partial charge in [-0.15, -0.1) is 11.3 Å². The molecule has 0 saturated carbocycles. The molecule has 0 atom stereocenters. The highest BCUT2D eigenvalue weighted by atomic mass is 32.1. The zero-order valence-electron chi connectivity index (χ0n) is 10.1. The van der Waals surface area contributed by atoms with Gasteiger partial charge in [0, 0.05) is 6.92 Å². The molecular weight excluding hydrogens is 267 g/mol. The van der Waals surface area contributed by atoms with Gasteiger partial charge < -0.3 is 10.6 Å². The van der Waals surface area contributed by atoms with Crippen LogP contribution in [0.4, 0.5) is 15.8 Å². The fourth-order valence-electron chi connectivity index (χ4n) is 1.51. The van der Waals surface area contributed by atoms with Crippen LogP contribution in [0.1, 0.15) is 16.6 Å². The molecule has 0 bridgehead atoms. The smallest absolute Gasteiger partial charge is 0.265 e. The molecule has 6 heteroatoms. The Kier molecular flexibility index (Phi) is 3.91. The van der Waals surface area contributed by atoms with E-state index in [4.69, 9.17) is 0 Å². The Morgan fingerprint density at radius 1 is 1.16 bits per heavy atom. The van der Waals surface area contributed by atoms with Crippen molar-refractivity contribution in [3.63, 3.8) is 0 Å². The summed E-state index contributed by atoms with van der Waals surface area (Å²) < 4.78 is 13.2. The molecule has 2 rings (SSSR count). The molecule has 0 aliphatic heterocycles. The van der Waals surface area contributed by atoms with Crippen LogP contribution < -0.4 is 10.6 Å². The van der Waals surface area contributed by atoms with Gasteiger partial charge in [-0.2, -0.15) is 0 Å². The van der Waals surface area contributed by atoms with Gasteiger partial charge in [-0.1, -0.05) is 6.07 Å². The van der Waals surface area contributed by atoms with Gasteiger partial charge in [0.25, 0.3) is 5.91 Å². The third-order valence-electron chi connectivity index (χ3n) is 2.29. The van der Waals surface area contributed by atoms with Crippen LogP contribution in [0.2, 0.25) is 0 Å². The van der Waals surface area contributed by atoms with Gasteiger partial charge >= 0.3 is 0 Å². The molecule has 2 aromatic rings. The molecule has 0 fully saturated rings. The summed E-state index contributed by atoms with van der Waals surface area (Å²) in [4.78, 5) is 23.4. The molecule has 0 radical (unpaired) electrons. The average molecular weight is 278 g/mol. The lowest BCUT2D eigenvalue weighted by Gasteiger charge is -2.10. The normalized spacial score (nSPS) is 10.0. The van der Waals surface area contributed by atoms with Gasteiger partial charge in [0.15, 0.2) is 0 Å². The van der Waals surface area contributed by atoms with E-state index in [-0.39, 0.29) is 17.5 Å². The van der Waals surface area contributed by atoms with E-state index in [1.165, 1.54) is 30.4 Å². The van der Waals surface area contributed by atoms with E-state index >= 15 is 0 Å². The van der Waals surface area contributed by atoms with Crippen LogP contribution in [0.25, 0.3) is 0 Å². The topological polar surface area (TPSA) is 58.2 Å². The maximum absolute atomic E-state index is 13.2. The maximum atomic E-state index is 13.2. The number of hydrogen-bond acceptors (Lipinski definition) is 3. The van der Waals surface area contributed by atoms with Crippen molar-refractivity contribution in [2.45, 2.75) is 6.92 Å². The average Bonchev–Trinajstić information content (AvgIpc) is 2.86. The number of thiophene rings is 1. The largest absolute Gasteiger partial charge is 0.325 e. The molecule has 19 heavy (non-hydrogen) atoms. The molecule has 0 unspecified atom stereocenters. The highest BCUT2D eigenvalue weighted by Crippen LogP contribution is 2.24. The summed E-state index contributed by atoms with van der Waals surface area (Å²) in [5.74, 6) is -1.12. The second kappa shape index (κ2) is 5.62. The van der Waals surface area contributed by atoms with Crippen LogP contribution >= 0.6 is 11.3 Å². The number of nitrogens with one attached hydrogen (secondary N) is 2. The fraction of sp³-hybridized carbons (Fsp3) is 0.0769. The van der Waals surface area contributed by atoms with Gasteiger partial charge in [0.05, 0.1) is 16.3 Å². The first-order chi connectivity index (χ1) is 9.06. The van der Waals surface area contributed by atoms with Crippen molar-refractivity contribution in [3.05, 3.63) is 46.4 Å². The number of carbonyl (C=O) groups excluding carboxylic acids is 2. The number of benzene rings is 1. The molecule has 4 nitrogen and oxygen atoms in total. The predicted octanol–water partition coefficient (Wildman–Crippen LogP) is 3.10. The van der Waals surface area contributed by atoms with E-state index in [0.29, 0.717) is 10.6 Å². The summed E-state index contributed by atoms with van der Waals surface area (Å²) >= 11 is 1.28. The Balaban J connectivity index is 2.25. The number of rotatable bonds is 3. The van der Waals surface area contributed by atoms with Crippen molar-refractivity contribution in [1.82, 2.24) is 0 Å². The molecule has 2 N–H and O–H groups in total. The van der Waals surface area contributed by atoms with Gasteiger partial charge in [-0.05, 0) is 29.6 Å². The van der Waals surface area contributed by atoms with Gasteiger partial charge in [0.2, 0.25) is 5.91 Å². The summed E-state index contributed by atoms with van der Waals surface area (Å²) in [7, 11) is 0. The predicted molar refractivity (Wildman–Crippen MR) is 73.0 cm³/mol. The van der Waals surface area contributed by atoms with Crippen LogP contribution in [-0.4, -0.2) is 11.8 Å². The molecule has 1 aromatic heterocycles. The highest BCUT2D eigenvalue weighted by molar-refractivity contribution is 7.12. The first-order valence-electron chi connectivity index (χ1n) is 5.48. The van der Waals surface area contributed by atoms with Crippen LogP contribution in [0.15, 0.2) is 35.7 Å². The van der Waals surface area contributed by atoms with Crippen LogP contribution in [0, 0.1) is 5.82 Å². The number of hydrogen-bond donors (Lipinski definition) is 2. The second-order valence-corrected chi connectivity index (χ2v) is 4.75. The van der Waals surface area contributed by atoms with Crippen molar-refractivity contribution in [2.75, 3.05) is 10.6 Å².